The topological polar surface area (TPSA) is 9.23 Å². The minimum atomic E-state index is -2.75. The van der Waals surface area contributed by atoms with Gasteiger partial charge in [-0.2, -0.15) is 0 Å². The van der Waals surface area contributed by atoms with Crippen LogP contribution in [0.3, 0.4) is 0 Å². The smallest absolute Gasteiger partial charge is 0.260 e. The maximum atomic E-state index is 14.4. The Morgan fingerprint density at radius 2 is 1.40 bits per heavy atom. The summed E-state index contributed by atoms with van der Waals surface area (Å²) in [5.41, 5.74) is 2.38. The second-order valence-electron chi connectivity index (χ2n) is 10.4. The molecule has 2 fully saturated rings. The van der Waals surface area contributed by atoms with Crippen molar-refractivity contribution in [2.45, 2.75) is 83.5 Å². The first-order valence-corrected chi connectivity index (χ1v) is 13.2. The minimum absolute atomic E-state index is 0.388. The van der Waals surface area contributed by atoms with E-state index in [1.807, 2.05) is 12.1 Å². The van der Waals surface area contributed by atoms with Gasteiger partial charge in [-0.1, -0.05) is 56.9 Å². The summed E-state index contributed by atoms with van der Waals surface area (Å²) in [6.45, 7) is 2.29. The molecule has 0 atom stereocenters. The SMILES string of the molecule is CCCC1CCC(C2CCC(c3ccc(-c4cc(F)c(O/C=C/C(F)F)c(F)c4)cc3)CC2)CC1. The maximum absolute atomic E-state index is 14.4. The van der Waals surface area contributed by atoms with Crippen LogP contribution >= 0.6 is 0 Å². The van der Waals surface area contributed by atoms with E-state index in [2.05, 4.69) is 19.1 Å². The Balaban J connectivity index is 1.33. The molecule has 0 unspecified atom stereocenters. The van der Waals surface area contributed by atoms with E-state index >= 15 is 0 Å². The van der Waals surface area contributed by atoms with Crippen molar-refractivity contribution in [1.29, 1.82) is 0 Å². The van der Waals surface area contributed by atoms with E-state index in [1.165, 1.54) is 81.9 Å². The van der Waals surface area contributed by atoms with Gasteiger partial charge in [0.15, 0.2) is 17.4 Å². The molecule has 0 radical (unpaired) electrons. The second kappa shape index (κ2) is 12.1. The van der Waals surface area contributed by atoms with Gasteiger partial charge in [0.1, 0.15) is 0 Å². The molecule has 0 saturated heterocycles. The standard InChI is InChI=1S/C30H36F4O/c1-2-3-20-4-6-21(7-5-20)22-8-10-23(11-9-22)24-12-14-25(15-13-24)26-18-27(31)30(28(32)19-26)35-17-16-29(33)34/h12-23,29H,2-11H2,1H3/b17-16+. The Hall–Kier alpha value is -2.30. The van der Waals surface area contributed by atoms with Crippen LogP contribution < -0.4 is 4.74 Å². The van der Waals surface area contributed by atoms with Crippen LogP contribution in [0, 0.1) is 29.4 Å². The first kappa shape index (κ1) is 25.8. The molecule has 2 aliphatic carbocycles. The third kappa shape index (κ3) is 6.68. The molecule has 2 aromatic rings. The highest BCUT2D eigenvalue weighted by Gasteiger charge is 2.31. The maximum Gasteiger partial charge on any atom is 0.260 e. The number of rotatable bonds is 8. The molecule has 0 N–H and O–H groups in total. The Morgan fingerprint density at radius 3 is 1.94 bits per heavy atom. The van der Waals surface area contributed by atoms with Gasteiger partial charge >= 0.3 is 0 Å². The normalized spacial score (nSPS) is 25.3. The summed E-state index contributed by atoms with van der Waals surface area (Å²) in [4.78, 5) is 0. The van der Waals surface area contributed by atoms with Gasteiger partial charge in [-0.05, 0) is 91.0 Å². The van der Waals surface area contributed by atoms with Gasteiger partial charge in [0.25, 0.3) is 6.43 Å². The molecule has 190 valence electrons. The quantitative estimate of drug-likeness (QED) is 0.265. The molecule has 2 aromatic carbocycles. The van der Waals surface area contributed by atoms with Gasteiger partial charge in [0.05, 0.1) is 6.26 Å². The van der Waals surface area contributed by atoms with Crippen LogP contribution in [0.5, 0.6) is 5.75 Å². The molecule has 2 saturated carbocycles. The summed E-state index contributed by atoms with van der Waals surface area (Å²) >= 11 is 0. The monoisotopic (exact) mass is 488 g/mol. The van der Waals surface area contributed by atoms with Gasteiger partial charge in [-0.3, -0.25) is 0 Å². The van der Waals surface area contributed by atoms with Crippen LogP contribution in [-0.2, 0) is 0 Å². The lowest BCUT2D eigenvalue weighted by Crippen LogP contribution is -2.25. The highest BCUT2D eigenvalue weighted by atomic mass is 19.3. The summed E-state index contributed by atoms with van der Waals surface area (Å²) in [5.74, 6) is 0.749. The molecule has 0 amide bonds. The van der Waals surface area contributed by atoms with E-state index in [0.717, 1.165) is 17.8 Å². The minimum Gasteiger partial charge on any atom is -0.459 e. The number of benzene rings is 2. The van der Waals surface area contributed by atoms with Crippen molar-refractivity contribution in [2.24, 2.45) is 17.8 Å². The van der Waals surface area contributed by atoms with Gasteiger partial charge in [0, 0.05) is 6.08 Å². The zero-order chi connectivity index (χ0) is 24.8. The van der Waals surface area contributed by atoms with E-state index < -0.39 is 23.8 Å². The van der Waals surface area contributed by atoms with Crippen molar-refractivity contribution in [3.63, 3.8) is 0 Å². The van der Waals surface area contributed by atoms with Crippen LogP contribution in [-0.4, -0.2) is 6.43 Å². The fraction of sp³-hybridized carbons (Fsp3) is 0.533. The van der Waals surface area contributed by atoms with E-state index in [-0.39, 0.29) is 0 Å². The highest BCUT2D eigenvalue weighted by Crippen LogP contribution is 2.44. The molecule has 35 heavy (non-hydrogen) atoms. The number of ether oxygens (including phenoxy) is 1. The zero-order valence-corrected chi connectivity index (χ0v) is 20.5. The third-order valence-electron chi connectivity index (χ3n) is 8.15. The Kier molecular flexibility index (Phi) is 8.91. The molecule has 4 rings (SSSR count). The molecular weight excluding hydrogens is 452 g/mol. The average molecular weight is 489 g/mol. The van der Waals surface area contributed by atoms with Crippen LogP contribution in [0.15, 0.2) is 48.7 Å². The average Bonchev–Trinajstić information content (AvgIpc) is 2.86. The third-order valence-corrected chi connectivity index (χ3v) is 8.15. The van der Waals surface area contributed by atoms with Gasteiger partial charge in [-0.25, -0.2) is 17.6 Å². The predicted molar refractivity (Wildman–Crippen MR) is 133 cm³/mol. The lowest BCUT2D eigenvalue weighted by Gasteiger charge is -2.38. The fourth-order valence-electron chi connectivity index (χ4n) is 6.23. The number of allylic oxidation sites excluding steroid dienone is 1. The molecular formula is C30H36F4O. The van der Waals surface area contributed by atoms with Crippen LogP contribution in [0.25, 0.3) is 11.1 Å². The second-order valence-corrected chi connectivity index (χ2v) is 10.4. The summed E-state index contributed by atoms with van der Waals surface area (Å²) in [6, 6.07) is 10.3. The summed E-state index contributed by atoms with van der Waals surface area (Å²) < 4.78 is 57.8. The van der Waals surface area contributed by atoms with Crippen molar-refractivity contribution < 1.29 is 22.3 Å². The number of hydrogen-bond donors (Lipinski definition) is 0. The lowest BCUT2D eigenvalue weighted by molar-refractivity contribution is 0.156. The van der Waals surface area contributed by atoms with E-state index in [0.29, 0.717) is 29.4 Å². The van der Waals surface area contributed by atoms with Crippen LogP contribution in [0.2, 0.25) is 0 Å². The summed E-state index contributed by atoms with van der Waals surface area (Å²) in [6.07, 6.45) is 11.7. The molecule has 0 spiro atoms. The first-order valence-electron chi connectivity index (χ1n) is 13.2. The van der Waals surface area contributed by atoms with Gasteiger partial charge < -0.3 is 4.74 Å². The Morgan fingerprint density at radius 1 is 0.829 bits per heavy atom. The zero-order valence-electron chi connectivity index (χ0n) is 20.5. The van der Waals surface area contributed by atoms with Crippen molar-refractivity contribution in [1.82, 2.24) is 0 Å². The van der Waals surface area contributed by atoms with Crippen molar-refractivity contribution in [3.05, 3.63) is 65.9 Å². The van der Waals surface area contributed by atoms with Gasteiger partial charge in [-0.15, -0.1) is 0 Å². The van der Waals surface area contributed by atoms with Gasteiger partial charge in [0.2, 0.25) is 0 Å². The van der Waals surface area contributed by atoms with Crippen molar-refractivity contribution >= 4 is 0 Å². The molecule has 0 aromatic heterocycles. The lowest BCUT2D eigenvalue weighted by atomic mass is 9.68. The molecule has 5 heteroatoms. The van der Waals surface area contributed by atoms with E-state index in [9.17, 15) is 17.6 Å². The first-order chi connectivity index (χ1) is 16.9. The number of alkyl halides is 2. The number of halogens is 4. The van der Waals surface area contributed by atoms with Crippen molar-refractivity contribution in [2.75, 3.05) is 0 Å². The Labute approximate surface area is 206 Å². The number of hydrogen-bond acceptors (Lipinski definition) is 1. The highest BCUT2D eigenvalue weighted by molar-refractivity contribution is 5.65. The fourth-order valence-corrected chi connectivity index (χ4v) is 6.23. The van der Waals surface area contributed by atoms with Crippen molar-refractivity contribution in [3.8, 4) is 16.9 Å². The van der Waals surface area contributed by atoms with E-state index in [4.69, 9.17) is 4.74 Å². The van der Waals surface area contributed by atoms with E-state index in [1.54, 1.807) is 0 Å². The van der Waals surface area contributed by atoms with Crippen LogP contribution in [0.4, 0.5) is 17.6 Å². The summed E-state index contributed by atoms with van der Waals surface area (Å²) in [7, 11) is 0. The predicted octanol–water partition coefficient (Wildman–Crippen LogP) is 9.67. The molecule has 0 bridgehead atoms. The molecule has 2 aliphatic rings. The largest absolute Gasteiger partial charge is 0.459 e. The van der Waals surface area contributed by atoms with Crippen LogP contribution in [0.1, 0.15) is 82.6 Å². The molecule has 0 heterocycles. The Bertz CT molecular complexity index is 945. The summed E-state index contributed by atoms with van der Waals surface area (Å²) in [5, 5.41) is 0. The molecule has 0 aliphatic heterocycles. The molecule has 1 nitrogen and oxygen atoms in total.